The molecule has 4 aromatic carbocycles. The van der Waals surface area contributed by atoms with Gasteiger partial charge in [-0.3, -0.25) is 14.9 Å². The third-order valence-corrected chi connectivity index (χ3v) is 7.66. The second-order valence-corrected chi connectivity index (χ2v) is 11.2. The number of hydrogen-bond acceptors (Lipinski definition) is 5. The molecule has 0 amide bonds. The Kier molecular flexibility index (Phi) is 6.13. The van der Waals surface area contributed by atoms with E-state index in [0.29, 0.717) is 12.5 Å². The van der Waals surface area contributed by atoms with Gasteiger partial charge in [-0.15, -0.1) is 0 Å². The summed E-state index contributed by atoms with van der Waals surface area (Å²) >= 11 is 0. The van der Waals surface area contributed by atoms with Crippen molar-refractivity contribution in [2.24, 2.45) is 5.41 Å². The average Bonchev–Trinajstić information content (AvgIpc) is 2.91. The van der Waals surface area contributed by atoms with E-state index in [1.165, 1.54) is 0 Å². The third kappa shape index (κ3) is 4.81. The molecule has 4 aromatic rings. The molecule has 0 fully saturated rings. The number of alkyl halides is 3. The number of carbonyl (C=O) groups is 1. The zero-order valence-electron chi connectivity index (χ0n) is 22.2. The van der Waals surface area contributed by atoms with Crippen LogP contribution in [0, 0.1) is 15.5 Å². The van der Waals surface area contributed by atoms with Crippen molar-refractivity contribution in [2.45, 2.75) is 38.9 Å². The standard InChI is InChI=1S/C32H25F3N2O4/c1-31(2)16-23-28-22-6-4-3-5-18(22)9-13-24(28)36-30(29(23)26(38)17-31)19-7-11-21(12-8-19)41-27-14-10-20(32(33,34)35)15-25(27)37(39)40/h3-15,30,36H,16-17H2,1-2H3/t30-/m0/s1. The molecule has 0 saturated carbocycles. The third-order valence-electron chi connectivity index (χ3n) is 7.66. The van der Waals surface area contributed by atoms with Crippen LogP contribution in [0.4, 0.5) is 24.5 Å². The number of benzene rings is 4. The molecule has 0 unspecified atom stereocenters. The van der Waals surface area contributed by atoms with E-state index in [9.17, 15) is 28.1 Å². The Morgan fingerprint density at radius 1 is 0.976 bits per heavy atom. The van der Waals surface area contributed by atoms with Crippen molar-refractivity contribution >= 4 is 33.5 Å². The number of rotatable bonds is 4. The molecular formula is C32H25F3N2O4. The second-order valence-electron chi connectivity index (χ2n) is 11.2. The highest BCUT2D eigenvalue weighted by Crippen LogP contribution is 2.52. The fraction of sp³-hybridized carbons (Fsp3) is 0.219. The number of ether oxygens (including phenoxy) is 1. The lowest BCUT2D eigenvalue weighted by Crippen LogP contribution is -2.33. The first-order valence-electron chi connectivity index (χ1n) is 13.1. The maximum Gasteiger partial charge on any atom is 0.416 e. The van der Waals surface area contributed by atoms with Crippen LogP contribution in [0.25, 0.3) is 16.3 Å². The number of carbonyl (C=O) groups excluding carboxylic acids is 1. The highest BCUT2D eigenvalue weighted by Gasteiger charge is 2.41. The van der Waals surface area contributed by atoms with Crippen molar-refractivity contribution in [1.82, 2.24) is 0 Å². The molecule has 0 spiro atoms. The normalized spacial score (nSPS) is 18.0. The van der Waals surface area contributed by atoms with Gasteiger partial charge in [0.15, 0.2) is 5.78 Å². The van der Waals surface area contributed by atoms with Crippen molar-refractivity contribution in [3.05, 3.63) is 111 Å². The Bertz CT molecular complexity index is 1760. The highest BCUT2D eigenvalue weighted by molar-refractivity contribution is 6.12. The van der Waals surface area contributed by atoms with Crippen LogP contribution in [0.15, 0.2) is 84.4 Å². The zero-order valence-corrected chi connectivity index (χ0v) is 22.2. The minimum Gasteiger partial charge on any atom is -0.450 e. The number of nitrogens with zero attached hydrogens (tertiary/aromatic N) is 1. The SMILES string of the molecule is CC1(C)CC(=O)C2=C(C1)c1c(ccc3ccccc13)N[C@H]2c1ccc(Oc2ccc(C(F)(F)F)cc2[N+](=O)[O-])cc1. The number of Topliss-reactive ketones (excluding diaryl/α,β-unsaturated/α-hetero) is 1. The van der Waals surface area contributed by atoms with E-state index in [4.69, 9.17) is 4.74 Å². The molecule has 6 nitrogen and oxygen atoms in total. The van der Waals surface area contributed by atoms with Gasteiger partial charge in [-0.1, -0.05) is 56.3 Å². The van der Waals surface area contributed by atoms with Gasteiger partial charge in [0.2, 0.25) is 5.75 Å². The predicted octanol–water partition coefficient (Wildman–Crippen LogP) is 8.87. The van der Waals surface area contributed by atoms with E-state index in [2.05, 4.69) is 31.3 Å². The maximum atomic E-state index is 13.6. The van der Waals surface area contributed by atoms with E-state index < -0.39 is 28.4 Å². The first-order valence-corrected chi connectivity index (χ1v) is 13.1. The van der Waals surface area contributed by atoms with Gasteiger partial charge >= 0.3 is 11.9 Å². The van der Waals surface area contributed by atoms with E-state index in [1.54, 1.807) is 24.3 Å². The minimum absolute atomic E-state index is 0.0769. The number of anilines is 1. The van der Waals surface area contributed by atoms with Crippen molar-refractivity contribution in [3.63, 3.8) is 0 Å². The molecule has 1 atom stereocenters. The van der Waals surface area contributed by atoms with Crippen LogP contribution in [-0.2, 0) is 11.0 Å². The van der Waals surface area contributed by atoms with Gasteiger partial charge in [-0.25, -0.2) is 0 Å². The first-order chi connectivity index (χ1) is 19.4. The minimum atomic E-state index is -4.72. The molecule has 1 aliphatic heterocycles. The summed E-state index contributed by atoms with van der Waals surface area (Å²) in [6, 6.07) is 20.6. The maximum absolute atomic E-state index is 13.6. The van der Waals surface area contributed by atoms with E-state index >= 15 is 0 Å². The molecule has 9 heteroatoms. The van der Waals surface area contributed by atoms with Crippen molar-refractivity contribution < 1.29 is 27.6 Å². The Labute approximate surface area is 233 Å². The monoisotopic (exact) mass is 558 g/mol. The number of fused-ring (bicyclic) bond motifs is 4. The van der Waals surface area contributed by atoms with Crippen LogP contribution < -0.4 is 10.1 Å². The van der Waals surface area contributed by atoms with Crippen LogP contribution in [0.2, 0.25) is 0 Å². The van der Waals surface area contributed by atoms with Crippen molar-refractivity contribution in [2.75, 3.05) is 5.32 Å². The van der Waals surface area contributed by atoms with Gasteiger partial charge in [0.05, 0.1) is 16.5 Å². The van der Waals surface area contributed by atoms with Gasteiger partial charge < -0.3 is 10.1 Å². The lowest BCUT2D eigenvalue weighted by molar-refractivity contribution is -0.385. The summed E-state index contributed by atoms with van der Waals surface area (Å²) in [6.07, 6.45) is -3.56. The summed E-state index contributed by atoms with van der Waals surface area (Å²) in [5.74, 6) is -0.0146. The van der Waals surface area contributed by atoms with Crippen LogP contribution in [0.1, 0.15) is 49.4 Å². The van der Waals surface area contributed by atoms with Crippen LogP contribution >= 0.6 is 0 Å². The molecule has 0 saturated heterocycles. The number of nitro groups is 1. The highest BCUT2D eigenvalue weighted by atomic mass is 19.4. The molecule has 0 radical (unpaired) electrons. The largest absolute Gasteiger partial charge is 0.450 e. The Balaban J connectivity index is 1.38. The molecule has 1 heterocycles. The molecule has 1 aliphatic carbocycles. The molecule has 208 valence electrons. The van der Waals surface area contributed by atoms with E-state index in [-0.39, 0.29) is 22.7 Å². The quantitative estimate of drug-likeness (QED) is 0.200. The second kappa shape index (κ2) is 9.47. The van der Waals surface area contributed by atoms with Crippen LogP contribution in [0.3, 0.4) is 0 Å². The molecule has 0 aromatic heterocycles. The predicted molar refractivity (Wildman–Crippen MR) is 150 cm³/mol. The summed E-state index contributed by atoms with van der Waals surface area (Å²) in [6.45, 7) is 4.20. The van der Waals surface area contributed by atoms with Gasteiger partial charge in [0.25, 0.3) is 0 Å². The fourth-order valence-corrected chi connectivity index (χ4v) is 5.87. The summed E-state index contributed by atoms with van der Waals surface area (Å²) < 4.78 is 44.8. The van der Waals surface area contributed by atoms with Crippen LogP contribution in [-0.4, -0.2) is 10.7 Å². The number of nitrogens with one attached hydrogen (secondary N) is 1. The fourth-order valence-electron chi connectivity index (χ4n) is 5.87. The van der Waals surface area contributed by atoms with E-state index in [0.717, 1.165) is 57.3 Å². The Morgan fingerprint density at radius 3 is 2.41 bits per heavy atom. The summed E-state index contributed by atoms with van der Waals surface area (Å²) in [7, 11) is 0. The van der Waals surface area contributed by atoms with Crippen molar-refractivity contribution in [3.8, 4) is 11.5 Å². The number of halogens is 3. The van der Waals surface area contributed by atoms with Crippen molar-refractivity contribution in [1.29, 1.82) is 0 Å². The molecule has 41 heavy (non-hydrogen) atoms. The average molecular weight is 559 g/mol. The summed E-state index contributed by atoms with van der Waals surface area (Å²) in [5, 5.41) is 17.2. The summed E-state index contributed by atoms with van der Waals surface area (Å²) in [4.78, 5) is 24.2. The van der Waals surface area contributed by atoms with Gasteiger partial charge in [0.1, 0.15) is 5.75 Å². The number of ketones is 1. The number of hydrogen-bond donors (Lipinski definition) is 1. The molecule has 0 bridgehead atoms. The van der Waals surface area contributed by atoms with Crippen LogP contribution in [0.5, 0.6) is 11.5 Å². The van der Waals surface area contributed by atoms with Gasteiger partial charge in [-0.2, -0.15) is 13.2 Å². The molecule has 1 N–H and O–H groups in total. The van der Waals surface area contributed by atoms with E-state index in [1.807, 2.05) is 24.3 Å². The Morgan fingerprint density at radius 2 is 1.71 bits per heavy atom. The lowest BCUT2D eigenvalue weighted by atomic mass is 9.68. The smallest absolute Gasteiger partial charge is 0.416 e. The number of allylic oxidation sites excluding steroid dienone is 1. The van der Waals surface area contributed by atoms with Gasteiger partial charge in [-0.05, 0) is 64.1 Å². The molecule has 6 rings (SSSR count). The first kappa shape index (κ1) is 26.6. The zero-order chi connectivity index (χ0) is 29.1. The number of nitro benzene ring substituents is 1. The lowest BCUT2D eigenvalue weighted by Gasteiger charge is -2.40. The molecular weight excluding hydrogens is 533 g/mol. The summed E-state index contributed by atoms with van der Waals surface area (Å²) in [5.41, 5.74) is 2.41. The topological polar surface area (TPSA) is 81.5 Å². The van der Waals surface area contributed by atoms with Gasteiger partial charge in [0, 0.05) is 29.3 Å². The Hall–Kier alpha value is -4.66. The molecule has 2 aliphatic rings.